The SMILES string of the molecule is Cn1cncc1C(=O)Nc1ccc(O[C@@H]2CCCC[C@H]2O)cc1. The lowest BCUT2D eigenvalue weighted by Crippen LogP contribution is -2.34. The molecule has 2 N–H and O–H groups in total. The highest BCUT2D eigenvalue weighted by molar-refractivity contribution is 6.02. The summed E-state index contributed by atoms with van der Waals surface area (Å²) in [4.78, 5) is 16.0. The van der Waals surface area contributed by atoms with Gasteiger partial charge in [0.2, 0.25) is 0 Å². The summed E-state index contributed by atoms with van der Waals surface area (Å²) in [5, 5.41) is 12.8. The van der Waals surface area contributed by atoms with Crippen molar-refractivity contribution in [3.63, 3.8) is 0 Å². The second-order valence-electron chi connectivity index (χ2n) is 5.88. The third-order valence-electron chi connectivity index (χ3n) is 4.12. The summed E-state index contributed by atoms with van der Waals surface area (Å²) in [6.07, 6.45) is 6.38. The van der Waals surface area contributed by atoms with E-state index in [9.17, 15) is 9.90 Å². The average Bonchev–Trinajstić information content (AvgIpc) is 2.98. The Hall–Kier alpha value is -2.34. The summed E-state index contributed by atoms with van der Waals surface area (Å²) in [7, 11) is 1.77. The fourth-order valence-corrected chi connectivity index (χ4v) is 2.78. The van der Waals surface area contributed by atoms with Gasteiger partial charge in [0.1, 0.15) is 17.5 Å². The minimum absolute atomic E-state index is 0.140. The number of aromatic nitrogens is 2. The van der Waals surface area contributed by atoms with Crippen LogP contribution in [-0.2, 0) is 7.05 Å². The van der Waals surface area contributed by atoms with Crippen molar-refractivity contribution in [2.24, 2.45) is 7.05 Å². The zero-order valence-corrected chi connectivity index (χ0v) is 13.1. The lowest BCUT2D eigenvalue weighted by atomic mass is 9.95. The molecule has 1 amide bonds. The van der Waals surface area contributed by atoms with Crippen LogP contribution in [0.25, 0.3) is 0 Å². The minimum atomic E-state index is -0.395. The maximum atomic E-state index is 12.1. The lowest BCUT2D eigenvalue weighted by Gasteiger charge is -2.28. The summed E-state index contributed by atoms with van der Waals surface area (Å²) in [5.41, 5.74) is 1.18. The molecule has 122 valence electrons. The van der Waals surface area contributed by atoms with Gasteiger partial charge >= 0.3 is 0 Å². The number of nitrogens with zero attached hydrogens (tertiary/aromatic N) is 2. The van der Waals surface area contributed by atoms with E-state index in [4.69, 9.17) is 4.74 Å². The highest BCUT2D eigenvalue weighted by Crippen LogP contribution is 2.25. The molecule has 1 aliphatic rings. The maximum Gasteiger partial charge on any atom is 0.273 e. The fourth-order valence-electron chi connectivity index (χ4n) is 2.78. The van der Waals surface area contributed by atoms with E-state index >= 15 is 0 Å². The van der Waals surface area contributed by atoms with Gasteiger partial charge in [0, 0.05) is 12.7 Å². The summed E-state index contributed by atoms with van der Waals surface area (Å²) in [6, 6.07) is 7.19. The van der Waals surface area contributed by atoms with Gasteiger partial charge in [-0.2, -0.15) is 0 Å². The molecular weight excluding hydrogens is 294 g/mol. The van der Waals surface area contributed by atoms with Crippen LogP contribution in [-0.4, -0.2) is 32.8 Å². The molecule has 1 heterocycles. The van der Waals surface area contributed by atoms with Crippen LogP contribution < -0.4 is 10.1 Å². The van der Waals surface area contributed by atoms with Crippen molar-refractivity contribution in [2.45, 2.75) is 37.9 Å². The average molecular weight is 315 g/mol. The standard InChI is InChI=1S/C17H21N3O3/c1-20-11-18-10-14(20)17(22)19-12-6-8-13(9-7-12)23-16-5-3-2-4-15(16)21/h6-11,15-16,21H,2-5H2,1H3,(H,19,22)/t15-,16-/m1/s1. The normalized spacial score (nSPS) is 21.0. The number of benzene rings is 1. The molecule has 1 aromatic heterocycles. The van der Waals surface area contributed by atoms with Crippen LogP contribution in [0.1, 0.15) is 36.2 Å². The van der Waals surface area contributed by atoms with E-state index < -0.39 is 6.10 Å². The van der Waals surface area contributed by atoms with Gasteiger partial charge < -0.3 is 19.7 Å². The van der Waals surface area contributed by atoms with Gasteiger partial charge in [-0.1, -0.05) is 6.42 Å². The van der Waals surface area contributed by atoms with Gasteiger partial charge in [-0.25, -0.2) is 4.98 Å². The number of aliphatic hydroxyl groups excluding tert-OH is 1. The zero-order valence-electron chi connectivity index (χ0n) is 13.1. The Morgan fingerprint density at radius 3 is 2.70 bits per heavy atom. The van der Waals surface area contributed by atoms with Crippen molar-refractivity contribution >= 4 is 11.6 Å². The Bertz CT molecular complexity index is 666. The first-order valence-electron chi connectivity index (χ1n) is 7.86. The Labute approximate surface area is 135 Å². The van der Waals surface area contributed by atoms with E-state index in [0.29, 0.717) is 17.1 Å². The number of carbonyl (C=O) groups is 1. The first kappa shape index (κ1) is 15.6. The molecule has 1 aliphatic carbocycles. The van der Waals surface area contributed by atoms with E-state index in [-0.39, 0.29) is 12.0 Å². The number of amides is 1. The van der Waals surface area contributed by atoms with E-state index in [1.165, 1.54) is 6.20 Å². The summed E-state index contributed by atoms with van der Waals surface area (Å²) < 4.78 is 7.51. The molecule has 0 unspecified atom stereocenters. The predicted octanol–water partition coefficient (Wildman–Crippen LogP) is 2.35. The van der Waals surface area contributed by atoms with Gasteiger partial charge in [-0.15, -0.1) is 0 Å². The molecule has 6 nitrogen and oxygen atoms in total. The molecule has 6 heteroatoms. The number of hydrogen-bond acceptors (Lipinski definition) is 4. The topological polar surface area (TPSA) is 76.4 Å². The van der Waals surface area contributed by atoms with Crippen molar-refractivity contribution in [3.8, 4) is 5.75 Å². The molecule has 0 saturated heterocycles. The molecule has 2 atom stereocenters. The third-order valence-corrected chi connectivity index (χ3v) is 4.12. The molecule has 1 saturated carbocycles. The molecule has 3 rings (SSSR count). The van der Waals surface area contributed by atoms with Crippen LogP contribution in [0, 0.1) is 0 Å². The van der Waals surface area contributed by atoms with E-state index in [2.05, 4.69) is 10.3 Å². The van der Waals surface area contributed by atoms with Crippen LogP contribution in [0.15, 0.2) is 36.8 Å². The van der Waals surface area contributed by atoms with Crippen molar-refractivity contribution in [2.75, 3.05) is 5.32 Å². The number of aliphatic hydroxyl groups is 1. The second kappa shape index (κ2) is 6.83. The molecule has 1 aromatic carbocycles. The molecule has 0 radical (unpaired) electrons. The van der Waals surface area contributed by atoms with Gasteiger partial charge in [0.25, 0.3) is 5.91 Å². The van der Waals surface area contributed by atoms with Crippen molar-refractivity contribution in [3.05, 3.63) is 42.5 Å². The Morgan fingerprint density at radius 1 is 1.30 bits per heavy atom. The third kappa shape index (κ3) is 3.71. The second-order valence-corrected chi connectivity index (χ2v) is 5.88. The Kier molecular flexibility index (Phi) is 4.62. The number of ether oxygens (including phenoxy) is 1. The quantitative estimate of drug-likeness (QED) is 0.908. The van der Waals surface area contributed by atoms with Gasteiger partial charge in [-0.05, 0) is 43.5 Å². The minimum Gasteiger partial charge on any atom is -0.488 e. The molecule has 0 bridgehead atoms. The van der Waals surface area contributed by atoms with E-state index in [1.54, 1.807) is 42.2 Å². The molecule has 0 spiro atoms. The molecule has 0 aliphatic heterocycles. The number of anilines is 1. The van der Waals surface area contributed by atoms with Crippen molar-refractivity contribution in [1.82, 2.24) is 9.55 Å². The highest BCUT2D eigenvalue weighted by atomic mass is 16.5. The van der Waals surface area contributed by atoms with Gasteiger partial charge in [0.15, 0.2) is 0 Å². The maximum absolute atomic E-state index is 12.1. The number of hydrogen-bond donors (Lipinski definition) is 2. The highest BCUT2D eigenvalue weighted by Gasteiger charge is 2.24. The zero-order chi connectivity index (χ0) is 16.2. The summed E-state index contributed by atoms with van der Waals surface area (Å²) >= 11 is 0. The summed E-state index contributed by atoms with van der Waals surface area (Å²) in [6.45, 7) is 0. The van der Waals surface area contributed by atoms with Crippen LogP contribution in [0.2, 0.25) is 0 Å². The fraction of sp³-hybridized carbons (Fsp3) is 0.412. The lowest BCUT2D eigenvalue weighted by molar-refractivity contribution is 0.00688. The smallest absolute Gasteiger partial charge is 0.273 e. The Balaban J connectivity index is 1.61. The first-order chi connectivity index (χ1) is 11.1. The molecule has 1 fully saturated rings. The van der Waals surface area contributed by atoms with Crippen LogP contribution in [0.3, 0.4) is 0 Å². The number of carbonyl (C=O) groups excluding carboxylic acids is 1. The number of imidazole rings is 1. The molecule has 2 aromatic rings. The first-order valence-corrected chi connectivity index (χ1v) is 7.86. The van der Waals surface area contributed by atoms with Crippen LogP contribution in [0.5, 0.6) is 5.75 Å². The van der Waals surface area contributed by atoms with Crippen LogP contribution in [0.4, 0.5) is 5.69 Å². The van der Waals surface area contributed by atoms with Gasteiger partial charge in [-0.3, -0.25) is 4.79 Å². The monoisotopic (exact) mass is 315 g/mol. The molecular formula is C17H21N3O3. The predicted molar refractivity (Wildman–Crippen MR) is 86.5 cm³/mol. The number of aryl methyl sites for hydroxylation is 1. The summed E-state index contributed by atoms with van der Waals surface area (Å²) in [5.74, 6) is 0.496. The van der Waals surface area contributed by atoms with Crippen LogP contribution >= 0.6 is 0 Å². The van der Waals surface area contributed by atoms with Crippen molar-refractivity contribution in [1.29, 1.82) is 0 Å². The number of nitrogens with one attached hydrogen (secondary N) is 1. The molecule has 23 heavy (non-hydrogen) atoms. The van der Waals surface area contributed by atoms with E-state index in [1.807, 2.05) is 0 Å². The number of rotatable bonds is 4. The Morgan fingerprint density at radius 2 is 2.04 bits per heavy atom. The van der Waals surface area contributed by atoms with Gasteiger partial charge in [0.05, 0.1) is 18.6 Å². The van der Waals surface area contributed by atoms with Crippen molar-refractivity contribution < 1.29 is 14.6 Å². The largest absolute Gasteiger partial charge is 0.488 e. The van der Waals surface area contributed by atoms with E-state index in [0.717, 1.165) is 25.7 Å².